The number of allylic oxidation sites excluding steroid dienone is 4. The molecule has 0 saturated heterocycles. The average Bonchev–Trinajstić information content (AvgIpc) is 2.18. The molecule has 0 radical (unpaired) electrons. The Bertz CT molecular complexity index is 388. The molecule has 0 bridgehead atoms. The summed E-state index contributed by atoms with van der Waals surface area (Å²) in [6.07, 6.45) is 11.5. The van der Waals surface area contributed by atoms with Gasteiger partial charge in [-0.15, -0.1) is 0 Å². The van der Waals surface area contributed by atoms with Crippen molar-refractivity contribution >= 4 is 5.57 Å². The van der Waals surface area contributed by atoms with Crippen LogP contribution in [0, 0.1) is 12.8 Å². The minimum absolute atomic E-state index is 0.614. The summed E-state index contributed by atoms with van der Waals surface area (Å²) in [6.45, 7) is 4.35. The molecule has 0 spiro atoms. The van der Waals surface area contributed by atoms with Gasteiger partial charge in [0.25, 0.3) is 0 Å². The van der Waals surface area contributed by atoms with E-state index < -0.39 is 0 Å². The number of hydrogen-bond acceptors (Lipinski definition) is 1. The summed E-state index contributed by atoms with van der Waals surface area (Å²) in [5.74, 6) is 0.614. The van der Waals surface area contributed by atoms with Crippen LogP contribution in [0.1, 0.15) is 24.5 Å². The topological polar surface area (TPSA) is 12.9 Å². The number of rotatable bonds is 1. The first-order valence-electron chi connectivity index (χ1n) is 5.06. The van der Waals surface area contributed by atoms with Crippen LogP contribution in [0.15, 0.2) is 36.7 Å². The van der Waals surface area contributed by atoms with Crippen LogP contribution in [0.5, 0.6) is 0 Å². The summed E-state index contributed by atoms with van der Waals surface area (Å²) in [7, 11) is 0. The Hall–Kier alpha value is -1.37. The molecule has 0 aliphatic heterocycles. The van der Waals surface area contributed by atoms with Crippen molar-refractivity contribution in [2.45, 2.75) is 20.3 Å². The van der Waals surface area contributed by atoms with Crippen LogP contribution in [0.2, 0.25) is 0 Å². The highest BCUT2D eigenvalue weighted by Crippen LogP contribution is 2.28. The number of pyridine rings is 1. The van der Waals surface area contributed by atoms with E-state index in [4.69, 9.17) is 0 Å². The van der Waals surface area contributed by atoms with Crippen LogP contribution in [-0.2, 0) is 0 Å². The van der Waals surface area contributed by atoms with Gasteiger partial charge in [0.15, 0.2) is 0 Å². The Morgan fingerprint density at radius 2 is 2.21 bits per heavy atom. The largest absolute Gasteiger partial charge is 0.264 e. The molecule has 72 valence electrons. The third kappa shape index (κ3) is 1.77. The zero-order chi connectivity index (χ0) is 9.97. The molecule has 0 fully saturated rings. The quantitative estimate of drug-likeness (QED) is 0.653. The van der Waals surface area contributed by atoms with E-state index in [-0.39, 0.29) is 0 Å². The lowest BCUT2D eigenvalue weighted by molar-refractivity contribution is 0.758. The minimum atomic E-state index is 0.614. The summed E-state index contributed by atoms with van der Waals surface area (Å²) < 4.78 is 0. The fraction of sp³-hybridized carbons (Fsp3) is 0.308. The van der Waals surface area contributed by atoms with Crippen molar-refractivity contribution in [2.24, 2.45) is 5.92 Å². The molecule has 1 aromatic heterocycles. The van der Waals surface area contributed by atoms with Crippen molar-refractivity contribution < 1.29 is 0 Å². The molecular weight excluding hydrogens is 170 g/mol. The van der Waals surface area contributed by atoms with Crippen LogP contribution < -0.4 is 0 Å². The normalized spacial score (nSPS) is 20.7. The molecule has 1 atom stereocenters. The highest BCUT2D eigenvalue weighted by molar-refractivity contribution is 5.69. The molecule has 0 aromatic carbocycles. The standard InChI is InChI=1S/C13H15N/c1-10-7-12(9-14-8-10)13-6-4-3-5-11(13)2/h3-4,6-9,11H,5H2,1-2H3. The minimum Gasteiger partial charge on any atom is -0.264 e. The van der Waals surface area contributed by atoms with Crippen LogP contribution in [0.25, 0.3) is 5.57 Å². The predicted octanol–water partition coefficient (Wildman–Crippen LogP) is 3.37. The van der Waals surface area contributed by atoms with Gasteiger partial charge in [-0.3, -0.25) is 4.98 Å². The van der Waals surface area contributed by atoms with Gasteiger partial charge in [0.05, 0.1) is 0 Å². The maximum absolute atomic E-state index is 4.23. The van der Waals surface area contributed by atoms with E-state index in [1.165, 1.54) is 16.7 Å². The molecule has 0 amide bonds. The summed E-state index contributed by atoms with van der Waals surface area (Å²) in [6, 6.07) is 2.20. The molecule has 0 N–H and O–H groups in total. The van der Waals surface area contributed by atoms with Crippen molar-refractivity contribution in [1.82, 2.24) is 4.98 Å². The van der Waals surface area contributed by atoms with Crippen molar-refractivity contribution in [2.75, 3.05) is 0 Å². The molecule has 1 nitrogen and oxygen atoms in total. The molecule has 1 heteroatoms. The van der Waals surface area contributed by atoms with Crippen molar-refractivity contribution in [3.63, 3.8) is 0 Å². The lowest BCUT2D eigenvalue weighted by Gasteiger charge is -2.17. The van der Waals surface area contributed by atoms with Gasteiger partial charge in [0, 0.05) is 12.4 Å². The summed E-state index contributed by atoms with van der Waals surface area (Å²) in [4.78, 5) is 4.23. The zero-order valence-electron chi connectivity index (χ0n) is 8.70. The number of hydrogen-bond donors (Lipinski definition) is 0. The van der Waals surface area contributed by atoms with Gasteiger partial charge in [0.2, 0.25) is 0 Å². The van der Waals surface area contributed by atoms with Crippen LogP contribution in [0.3, 0.4) is 0 Å². The van der Waals surface area contributed by atoms with Crippen molar-refractivity contribution in [3.8, 4) is 0 Å². The average molecular weight is 185 g/mol. The third-order valence-electron chi connectivity index (χ3n) is 2.64. The monoisotopic (exact) mass is 185 g/mol. The highest BCUT2D eigenvalue weighted by Gasteiger charge is 2.11. The molecule has 14 heavy (non-hydrogen) atoms. The van der Waals surface area contributed by atoms with E-state index in [2.05, 4.69) is 43.1 Å². The molecular formula is C13H15N. The van der Waals surface area contributed by atoms with Gasteiger partial charge >= 0.3 is 0 Å². The van der Waals surface area contributed by atoms with E-state index >= 15 is 0 Å². The molecule has 1 aliphatic carbocycles. The van der Waals surface area contributed by atoms with Gasteiger partial charge in [-0.25, -0.2) is 0 Å². The Balaban J connectivity index is 2.39. The zero-order valence-corrected chi connectivity index (χ0v) is 8.70. The van der Waals surface area contributed by atoms with Crippen molar-refractivity contribution in [1.29, 1.82) is 0 Å². The molecule has 1 aliphatic rings. The van der Waals surface area contributed by atoms with Gasteiger partial charge in [0.1, 0.15) is 0 Å². The van der Waals surface area contributed by atoms with Crippen LogP contribution in [0.4, 0.5) is 0 Å². The highest BCUT2D eigenvalue weighted by atomic mass is 14.6. The summed E-state index contributed by atoms with van der Waals surface area (Å²) in [5.41, 5.74) is 3.90. The number of aryl methyl sites for hydroxylation is 1. The summed E-state index contributed by atoms with van der Waals surface area (Å²) >= 11 is 0. The number of nitrogens with zero attached hydrogens (tertiary/aromatic N) is 1. The van der Waals surface area contributed by atoms with Gasteiger partial charge in [-0.1, -0.05) is 25.2 Å². The lowest BCUT2D eigenvalue weighted by Crippen LogP contribution is -2.01. The van der Waals surface area contributed by atoms with E-state index in [0.29, 0.717) is 5.92 Å². The maximum atomic E-state index is 4.23. The maximum Gasteiger partial charge on any atom is 0.0343 e. The van der Waals surface area contributed by atoms with Crippen molar-refractivity contribution in [3.05, 3.63) is 47.8 Å². The lowest BCUT2D eigenvalue weighted by atomic mass is 9.88. The van der Waals surface area contributed by atoms with Crippen LogP contribution >= 0.6 is 0 Å². The Morgan fingerprint density at radius 1 is 1.36 bits per heavy atom. The molecule has 0 saturated carbocycles. The first-order valence-corrected chi connectivity index (χ1v) is 5.06. The second kappa shape index (κ2) is 3.79. The SMILES string of the molecule is Cc1cncc(C2=CC=CCC2C)c1. The van der Waals surface area contributed by atoms with Gasteiger partial charge in [-0.05, 0) is 42.0 Å². The first kappa shape index (κ1) is 9.20. The Labute approximate surface area is 85.2 Å². The van der Waals surface area contributed by atoms with Crippen LogP contribution in [-0.4, -0.2) is 4.98 Å². The number of aromatic nitrogens is 1. The summed E-state index contributed by atoms with van der Waals surface area (Å²) in [5, 5.41) is 0. The predicted molar refractivity (Wildman–Crippen MR) is 59.9 cm³/mol. The second-order valence-electron chi connectivity index (χ2n) is 3.94. The fourth-order valence-corrected chi connectivity index (χ4v) is 1.84. The fourth-order valence-electron chi connectivity index (χ4n) is 1.84. The van der Waals surface area contributed by atoms with E-state index in [1.807, 2.05) is 12.4 Å². The molecule has 1 aromatic rings. The molecule has 2 rings (SSSR count). The van der Waals surface area contributed by atoms with E-state index in [1.54, 1.807) is 0 Å². The third-order valence-corrected chi connectivity index (χ3v) is 2.64. The molecule has 1 heterocycles. The first-order chi connectivity index (χ1) is 6.77. The molecule has 1 unspecified atom stereocenters. The Morgan fingerprint density at radius 3 is 2.93 bits per heavy atom. The second-order valence-corrected chi connectivity index (χ2v) is 3.94. The van der Waals surface area contributed by atoms with Gasteiger partial charge < -0.3 is 0 Å². The van der Waals surface area contributed by atoms with Gasteiger partial charge in [-0.2, -0.15) is 0 Å². The smallest absolute Gasteiger partial charge is 0.0343 e. The van der Waals surface area contributed by atoms with E-state index in [0.717, 1.165) is 6.42 Å². The Kier molecular flexibility index (Phi) is 2.49. The van der Waals surface area contributed by atoms with E-state index in [9.17, 15) is 0 Å².